The molecule has 1 aromatic heterocycles. The third-order valence-electron chi connectivity index (χ3n) is 3.25. The van der Waals surface area contributed by atoms with Crippen LogP contribution in [0.5, 0.6) is 0 Å². The van der Waals surface area contributed by atoms with E-state index in [9.17, 15) is 18.0 Å². The topological polar surface area (TPSA) is 102 Å². The summed E-state index contributed by atoms with van der Waals surface area (Å²) in [6.45, 7) is 5.07. The van der Waals surface area contributed by atoms with Crippen molar-refractivity contribution < 1.29 is 22.7 Å². The fourth-order valence-corrected chi connectivity index (χ4v) is 3.66. The van der Waals surface area contributed by atoms with Gasteiger partial charge in [-0.3, -0.25) is 10.1 Å². The predicted molar refractivity (Wildman–Crippen MR) is 94.8 cm³/mol. The number of carbonyl (C=O) groups is 2. The van der Waals surface area contributed by atoms with Crippen molar-refractivity contribution in [2.24, 2.45) is 0 Å². The maximum Gasteiger partial charge on any atom is 0.357 e. The first-order chi connectivity index (χ1) is 11.8. The number of carbonyl (C=O) groups excluding carboxylic acids is 2. The Morgan fingerprint density at radius 3 is 2.68 bits per heavy atom. The average molecular weight is 382 g/mol. The highest BCUT2D eigenvalue weighted by molar-refractivity contribution is 7.92. The zero-order valence-corrected chi connectivity index (χ0v) is 15.6. The zero-order valence-electron chi connectivity index (χ0n) is 14.0. The summed E-state index contributed by atoms with van der Waals surface area (Å²) in [6.07, 6.45) is 0. The molecule has 0 atom stereocenters. The molecule has 0 unspecified atom stereocenters. The Morgan fingerprint density at radius 1 is 1.32 bits per heavy atom. The molecule has 0 aliphatic rings. The number of benzene rings is 1. The minimum atomic E-state index is -3.47. The number of esters is 1. The molecule has 0 radical (unpaired) electrons. The quantitative estimate of drug-likeness (QED) is 0.771. The molecule has 2 rings (SSSR count). The number of ether oxygens (including phenoxy) is 1. The summed E-state index contributed by atoms with van der Waals surface area (Å²) in [5, 5.41) is 3.67. The summed E-state index contributed by atoms with van der Waals surface area (Å²) in [4.78, 5) is 28.0. The second-order valence-electron chi connectivity index (χ2n) is 5.33. The third-order valence-corrected chi connectivity index (χ3v) is 6.16. The number of hydrogen-bond acceptors (Lipinski definition) is 7. The van der Waals surface area contributed by atoms with Crippen LogP contribution in [0.2, 0.25) is 0 Å². The molecule has 0 saturated heterocycles. The van der Waals surface area contributed by atoms with Crippen LogP contribution in [-0.4, -0.2) is 37.1 Å². The number of anilines is 1. The summed E-state index contributed by atoms with van der Waals surface area (Å²) >= 11 is 1.08. The van der Waals surface area contributed by atoms with Crippen molar-refractivity contribution >= 4 is 38.2 Å². The summed E-state index contributed by atoms with van der Waals surface area (Å²) in [5.41, 5.74) is 0.299. The number of aromatic nitrogens is 1. The number of hydrogen-bond donors (Lipinski definition) is 1. The van der Waals surface area contributed by atoms with Gasteiger partial charge in [-0.25, -0.2) is 18.2 Å². The molecular weight excluding hydrogens is 364 g/mol. The van der Waals surface area contributed by atoms with Crippen LogP contribution >= 0.6 is 11.3 Å². The predicted octanol–water partition coefficient (Wildman–Crippen LogP) is 2.75. The molecule has 134 valence electrons. The first-order valence-corrected chi connectivity index (χ1v) is 9.96. The highest BCUT2D eigenvalue weighted by Crippen LogP contribution is 2.20. The van der Waals surface area contributed by atoms with Gasteiger partial charge in [0.05, 0.1) is 16.8 Å². The minimum Gasteiger partial charge on any atom is -0.461 e. The SMILES string of the molecule is CCOC(=O)c1csc(NC(=O)c2cccc(S(=O)(=O)C(C)C)c2)n1. The van der Waals surface area contributed by atoms with E-state index in [2.05, 4.69) is 10.3 Å². The Morgan fingerprint density at radius 2 is 2.04 bits per heavy atom. The van der Waals surface area contributed by atoms with Crippen molar-refractivity contribution in [2.75, 3.05) is 11.9 Å². The molecule has 7 nitrogen and oxygen atoms in total. The standard InChI is InChI=1S/C16H18N2O5S2/c1-4-23-15(20)13-9-24-16(17-13)18-14(19)11-6-5-7-12(8-11)25(21,22)10(2)3/h5-10H,4H2,1-3H3,(H,17,18,19). The summed E-state index contributed by atoms with van der Waals surface area (Å²) in [5.74, 6) is -1.07. The summed E-state index contributed by atoms with van der Waals surface area (Å²) in [7, 11) is -3.47. The number of sulfone groups is 1. The zero-order chi connectivity index (χ0) is 18.6. The van der Waals surface area contributed by atoms with Crippen LogP contribution < -0.4 is 5.32 Å². The van der Waals surface area contributed by atoms with Crippen molar-refractivity contribution in [3.63, 3.8) is 0 Å². The van der Waals surface area contributed by atoms with Gasteiger partial charge in [-0.1, -0.05) is 6.07 Å². The fraction of sp³-hybridized carbons (Fsp3) is 0.312. The van der Waals surface area contributed by atoms with E-state index < -0.39 is 27.0 Å². The van der Waals surface area contributed by atoms with Crippen LogP contribution in [0.4, 0.5) is 5.13 Å². The van der Waals surface area contributed by atoms with Crippen molar-refractivity contribution in [2.45, 2.75) is 30.9 Å². The number of amides is 1. The minimum absolute atomic E-state index is 0.0847. The van der Waals surface area contributed by atoms with E-state index in [0.717, 1.165) is 11.3 Å². The normalized spacial score (nSPS) is 11.4. The van der Waals surface area contributed by atoms with Crippen molar-refractivity contribution in [1.82, 2.24) is 4.98 Å². The van der Waals surface area contributed by atoms with Gasteiger partial charge in [-0.15, -0.1) is 11.3 Å². The highest BCUT2D eigenvalue weighted by atomic mass is 32.2. The van der Waals surface area contributed by atoms with Gasteiger partial charge in [0.25, 0.3) is 5.91 Å². The summed E-state index contributed by atoms with van der Waals surface area (Å²) < 4.78 is 29.3. The largest absolute Gasteiger partial charge is 0.461 e. The van der Waals surface area contributed by atoms with E-state index in [1.165, 1.54) is 29.6 Å². The molecule has 1 N–H and O–H groups in total. The van der Waals surface area contributed by atoms with Gasteiger partial charge >= 0.3 is 5.97 Å². The van der Waals surface area contributed by atoms with Gasteiger partial charge < -0.3 is 4.74 Å². The van der Waals surface area contributed by atoms with Gasteiger partial charge in [0, 0.05) is 10.9 Å². The second-order valence-corrected chi connectivity index (χ2v) is 8.70. The Balaban J connectivity index is 2.18. The molecule has 2 aromatic rings. The summed E-state index contributed by atoms with van der Waals surface area (Å²) in [6, 6.07) is 5.80. The maximum atomic E-state index is 12.3. The average Bonchev–Trinajstić information content (AvgIpc) is 3.03. The first-order valence-electron chi connectivity index (χ1n) is 7.53. The lowest BCUT2D eigenvalue weighted by atomic mass is 10.2. The van der Waals surface area contributed by atoms with E-state index in [1.54, 1.807) is 20.8 Å². The maximum absolute atomic E-state index is 12.3. The Kier molecular flexibility index (Phi) is 5.91. The molecule has 0 saturated carbocycles. The van der Waals surface area contributed by atoms with Gasteiger partial charge in [-0.2, -0.15) is 0 Å². The molecule has 25 heavy (non-hydrogen) atoms. The highest BCUT2D eigenvalue weighted by Gasteiger charge is 2.21. The van der Waals surface area contributed by atoms with Crippen LogP contribution in [0.25, 0.3) is 0 Å². The number of thiazole rings is 1. The number of nitrogens with one attached hydrogen (secondary N) is 1. The second kappa shape index (κ2) is 7.75. The Hall–Kier alpha value is -2.26. The van der Waals surface area contributed by atoms with E-state index in [0.29, 0.717) is 0 Å². The molecule has 0 bridgehead atoms. The van der Waals surface area contributed by atoms with E-state index in [1.807, 2.05) is 0 Å². The van der Waals surface area contributed by atoms with Crippen LogP contribution in [0.1, 0.15) is 41.6 Å². The molecule has 1 heterocycles. The molecule has 0 aliphatic heterocycles. The van der Waals surface area contributed by atoms with E-state index >= 15 is 0 Å². The monoisotopic (exact) mass is 382 g/mol. The molecule has 1 amide bonds. The molecular formula is C16H18N2O5S2. The first kappa shape index (κ1) is 19.1. The lowest BCUT2D eigenvalue weighted by Crippen LogP contribution is -2.16. The van der Waals surface area contributed by atoms with Crippen LogP contribution in [-0.2, 0) is 14.6 Å². The third kappa shape index (κ3) is 4.43. The van der Waals surface area contributed by atoms with Crippen LogP contribution in [0.15, 0.2) is 34.5 Å². The lowest BCUT2D eigenvalue weighted by Gasteiger charge is -2.09. The van der Waals surface area contributed by atoms with Crippen LogP contribution in [0, 0.1) is 0 Å². The van der Waals surface area contributed by atoms with Gasteiger partial charge in [0.2, 0.25) is 0 Å². The molecule has 9 heteroatoms. The van der Waals surface area contributed by atoms with Crippen LogP contribution in [0.3, 0.4) is 0 Å². The van der Waals surface area contributed by atoms with Crippen molar-refractivity contribution in [3.8, 4) is 0 Å². The number of rotatable bonds is 6. The van der Waals surface area contributed by atoms with Crippen molar-refractivity contribution in [1.29, 1.82) is 0 Å². The number of nitrogens with zero attached hydrogens (tertiary/aromatic N) is 1. The molecule has 0 spiro atoms. The van der Waals surface area contributed by atoms with Crippen molar-refractivity contribution in [3.05, 3.63) is 40.9 Å². The Labute approximate surface area is 150 Å². The smallest absolute Gasteiger partial charge is 0.357 e. The molecule has 1 aromatic carbocycles. The molecule has 0 fully saturated rings. The molecule has 0 aliphatic carbocycles. The van der Waals surface area contributed by atoms with Gasteiger partial charge in [0.1, 0.15) is 0 Å². The fourth-order valence-electron chi connectivity index (χ4n) is 1.89. The van der Waals surface area contributed by atoms with E-state index in [4.69, 9.17) is 4.74 Å². The lowest BCUT2D eigenvalue weighted by molar-refractivity contribution is 0.0520. The van der Waals surface area contributed by atoms with Gasteiger partial charge in [-0.05, 0) is 39.0 Å². The Bertz CT molecular complexity index is 887. The van der Waals surface area contributed by atoms with E-state index in [-0.39, 0.29) is 27.9 Å². The van der Waals surface area contributed by atoms with Gasteiger partial charge in [0.15, 0.2) is 20.7 Å².